The minimum absolute atomic E-state index is 0.0225. The molecule has 7 heteroatoms. The van der Waals surface area contributed by atoms with Crippen molar-refractivity contribution in [1.29, 1.82) is 0 Å². The summed E-state index contributed by atoms with van der Waals surface area (Å²) in [4.78, 5) is 37.9. The Bertz CT molecular complexity index is 851. The van der Waals surface area contributed by atoms with E-state index in [0.29, 0.717) is 16.3 Å². The van der Waals surface area contributed by atoms with Gasteiger partial charge in [0.15, 0.2) is 0 Å². The number of rotatable bonds is 5. The highest BCUT2D eigenvalue weighted by Gasteiger charge is 2.40. The minimum atomic E-state index is -1.07. The molecule has 1 N–H and O–H groups in total. The fraction of sp³-hybridized carbons (Fsp3) is 0.167. The van der Waals surface area contributed by atoms with Crippen molar-refractivity contribution in [3.05, 3.63) is 54.1 Å². The molecule has 0 unspecified atom stereocenters. The van der Waals surface area contributed by atoms with Crippen LogP contribution in [0.2, 0.25) is 0 Å². The Balaban J connectivity index is 1.86. The van der Waals surface area contributed by atoms with Crippen molar-refractivity contribution in [3.63, 3.8) is 0 Å². The topological polar surface area (TPSA) is 83.9 Å². The number of carbonyl (C=O) groups excluding carboxylic acids is 2. The molecule has 0 radical (unpaired) electrons. The number of methoxy groups -OCH3 is 1. The van der Waals surface area contributed by atoms with Gasteiger partial charge in [-0.05, 0) is 24.3 Å². The van der Waals surface area contributed by atoms with E-state index in [-0.39, 0.29) is 23.8 Å². The van der Waals surface area contributed by atoms with Crippen LogP contribution in [-0.2, 0) is 9.59 Å². The highest BCUT2D eigenvalue weighted by atomic mass is 32.2. The van der Waals surface area contributed by atoms with Gasteiger partial charge in [-0.1, -0.05) is 18.2 Å². The molecule has 0 aliphatic carbocycles. The molecule has 1 aliphatic heterocycles. The summed E-state index contributed by atoms with van der Waals surface area (Å²) in [6, 6.07) is 13.2. The summed E-state index contributed by atoms with van der Waals surface area (Å²) in [6.45, 7) is 0. The number of hydrogen-bond acceptors (Lipinski definition) is 5. The number of ether oxygens (including phenoxy) is 1. The normalized spacial score (nSPS) is 17.0. The van der Waals surface area contributed by atoms with Gasteiger partial charge in [0, 0.05) is 17.4 Å². The maximum Gasteiger partial charge on any atom is 0.336 e. The highest BCUT2D eigenvalue weighted by Crippen LogP contribution is 2.36. The van der Waals surface area contributed by atoms with E-state index in [9.17, 15) is 19.5 Å². The zero-order valence-electron chi connectivity index (χ0n) is 13.3. The largest absolute Gasteiger partial charge is 0.497 e. The van der Waals surface area contributed by atoms with Crippen molar-refractivity contribution < 1.29 is 24.2 Å². The number of carbonyl (C=O) groups is 3. The van der Waals surface area contributed by atoms with Crippen LogP contribution < -0.4 is 9.64 Å². The van der Waals surface area contributed by atoms with Gasteiger partial charge < -0.3 is 9.84 Å². The molecule has 0 aromatic heterocycles. The lowest BCUT2D eigenvalue weighted by Gasteiger charge is -2.16. The van der Waals surface area contributed by atoms with Crippen LogP contribution in [0.15, 0.2) is 53.4 Å². The molecule has 2 amide bonds. The van der Waals surface area contributed by atoms with Gasteiger partial charge in [0.2, 0.25) is 11.8 Å². The molecule has 1 heterocycles. The molecule has 1 saturated heterocycles. The molecular formula is C18H15NO5S. The Morgan fingerprint density at radius 1 is 1.20 bits per heavy atom. The number of imide groups is 1. The molecule has 6 nitrogen and oxygen atoms in total. The Labute approximate surface area is 148 Å². The Morgan fingerprint density at radius 3 is 2.68 bits per heavy atom. The summed E-state index contributed by atoms with van der Waals surface area (Å²) in [7, 11) is 1.51. The van der Waals surface area contributed by atoms with E-state index < -0.39 is 11.2 Å². The van der Waals surface area contributed by atoms with Crippen LogP contribution in [0, 0.1) is 0 Å². The summed E-state index contributed by atoms with van der Waals surface area (Å²) in [5.41, 5.74) is 0.566. The Morgan fingerprint density at radius 2 is 1.96 bits per heavy atom. The third-order valence-corrected chi connectivity index (χ3v) is 5.07. The fourth-order valence-corrected chi connectivity index (χ4v) is 3.79. The molecule has 1 fully saturated rings. The van der Waals surface area contributed by atoms with Gasteiger partial charge in [-0.15, -0.1) is 11.8 Å². The first-order valence-corrected chi connectivity index (χ1v) is 8.39. The van der Waals surface area contributed by atoms with Crippen LogP contribution in [0.1, 0.15) is 16.8 Å². The zero-order chi connectivity index (χ0) is 18.0. The average Bonchev–Trinajstić information content (AvgIpc) is 2.89. The molecule has 1 atom stereocenters. The van der Waals surface area contributed by atoms with Gasteiger partial charge in [-0.25, -0.2) is 9.69 Å². The van der Waals surface area contributed by atoms with E-state index in [1.807, 2.05) is 0 Å². The standard InChI is InChI=1S/C18H15NO5S/c1-24-12-6-4-5-11(9-12)19-16(20)10-15(17(19)21)25-14-8-3-2-7-13(14)18(22)23/h2-9,15H,10H2,1H3,(H,22,23)/t15-/m0/s1. The van der Waals surface area contributed by atoms with Gasteiger partial charge >= 0.3 is 5.97 Å². The lowest BCUT2D eigenvalue weighted by molar-refractivity contribution is -0.121. The third-order valence-electron chi connectivity index (χ3n) is 3.80. The molecule has 0 spiro atoms. The van der Waals surface area contributed by atoms with E-state index in [0.717, 1.165) is 16.7 Å². The van der Waals surface area contributed by atoms with Crippen LogP contribution in [-0.4, -0.2) is 35.2 Å². The number of anilines is 1. The second kappa shape index (κ2) is 6.98. The zero-order valence-corrected chi connectivity index (χ0v) is 14.2. The molecule has 1 aliphatic rings. The van der Waals surface area contributed by atoms with E-state index in [1.54, 1.807) is 42.5 Å². The predicted octanol–water partition coefficient (Wildman–Crippen LogP) is 2.82. The van der Waals surface area contributed by atoms with Crippen molar-refractivity contribution in [1.82, 2.24) is 0 Å². The maximum absolute atomic E-state index is 12.7. The number of nitrogens with zero attached hydrogens (tertiary/aromatic N) is 1. The summed E-state index contributed by atoms with van der Waals surface area (Å²) < 4.78 is 5.13. The molecule has 128 valence electrons. The summed E-state index contributed by atoms with van der Waals surface area (Å²) in [5, 5.41) is 8.60. The predicted molar refractivity (Wildman–Crippen MR) is 93.2 cm³/mol. The first-order chi connectivity index (χ1) is 12.0. The first-order valence-electron chi connectivity index (χ1n) is 7.51. The molecule has 0 saturated carbocycles. The van der Waals surface area contributed by atoms with Gasteiger partial charge in [0.1, 0.15) is 5.75 Å². The third kappa shape index (κ3) is 3.36. The van der Waals surface area contributed by atoms with Crippen LogP contribution in [0.3, 0.4) is 0 Å². The second-order valence-corrected chi connectivity index (χ2v) is 6.63. The lowest BCUT2D eigenvalue weighted by Crippen LogP contribution is -2.31. The van der Waals surface area contributed by atoms with Gasteiger partial charge in [-0.3, -0.25) is 9.59 Å². The molecule has 2 aromatic carbocycles. The quantitative estimate of drug-likeness (QED) is 0.829. The molecule has 25 heavy (non-hydrogen) atoms. The maximum atomic E-state index is 12.7. The molecule has 3 rings (SSSR count). The van der Waals surface area contributed by atoms with Gasteiger partial charge in [0.25, 0.3) is 0 Å². The van der Waals surface area contributed by atoms with E-state index in [2.05, 4.69) is 0 Å². The average molecular weight is 357 g/mol. The van der Waals surface area contributed by atoms with Crippen molar-refractivity contribution >= 4 is 35.2 Å². The van der Waals surface area contributed by atoms with Crippen LogP contribution in [0.4, 0.5) is 5.69 Å². The fourth-order valence-electron chi connectivity index (χ4n) is 2.62. The van der Waals surface area contributed by atoms with E-state index >= 15 is 0 Å². The summed E-state index contributed by atoms with van der Waals surface area (Å²) >= 11 is 1.10. The number of amides is 2. The van der Waals surface area contributed by atoms with Crippen molar-refractivity contribution in [3.8, 4) is 5.75 Å². The van der Waals surface area contributed by atoms with E-state index in [4.69, 9.17) is 4.74 Å². The molecule has 2 aromatic rings. The molecule has 0 bridgehead atoms. The number of benzene rings is 2. The van der Waals surface area contributed by atoms with Crippen molar-refractivity contribution in [2.24, 2.45) is 0 Å². The minimum Gasteiger partial charge on any atom is -0.497 e. The highest BCUT2D eigenvalue weighted by molar-refractivity contribution is 8.00. The Hall–Kier alpha value is -2.80. The van der Waals surface area contributed by atoms with Gasteiger partial charge in [0.05, 0.1) is 23.6 Å². The van der Waals surface area contributed by atoms with Crippen LogP contribution >= 0.6 is 11.8 Å². The number of carboxylic acid groups (broad SMARTS) is 1. The summed E-state index contributed by atoms with van der Waals surface area (Å²) in [6.07, 6.45) is 0.0225. The monoisotopic (exact) mass is 357 g/mol. The second-order valence-electron chi connectivity index (χ2n) is 5.38. The first kappa shape index (κ1) is 17.0. The number of carboxylic acids is 1. The lowest BCUT2D eigenvalue weighted by atomic mass is 10.2. The Kier molecular flexibility index (Phi) is 4.76. The van der Waals surface area contributed by atoms with Crippen LogP contribution in [0.25, 0.3) is 0 Å². The van der Waals surface area contributed by atoms with Crippen molar-refractivity contribution in [2.45, 2.75) is 16.6 Å². The number of thioether (sulfide) groups is 1. The smallest absolute Gasteiger partial charge is 0.336 e. The van der Waals surface area contributed by atoms with Gasteiger partial charge in [-0.2, -0.15) is 0 Å². The van der Waals surface area contributed by atoms with Crippen LogP contribution in [0.5, 0.6) is 5.75 Å². The van der Waals surface area contributed by atoms with E-state index in [1.165, 1.54) is 13.2 Å². The number of hydrogen-bond donors (Lipinski definition) is 1. The number of aromatic carboxylic acids is 1. The SMILES string of the molecule is COc1cccc(N2C(=O)C[C@H](Sc3ccccc3C(=O)O)C2=O)c1. The van der Waals surface area contributed by atoms with Crippen molar-refractivity contribution in [2.75, 3.05) is 12.0 Å². The summed E-state index contributed by atoms with van der Waals surface area (Å²) in [5.74, 6) is -1.19. The molecular weight excluding hydrogens is 342 g/mol.